The van der Waals surface area contributed by atoms with Gasteiger partial charge in [0.25, 0.3) is 5.56 Å². The van der Waals surface area contributed by atoms with E-state index in [0.29, 0.717) is 23.4 Å². The van der Waals surface area contributed by atoms with E-state index in [0.717, 1.165) is 11.3 Å². The summed E-state index contributed by atoms with van der Waals surface area (Å²) in [6, 6.07) is 0. The fraction of sp³-hybridized carbons (Fsp3) is 0.500. The van der Waals surface area contributed by atoms with Crippen LogP contribution in [-0.2, 0) is 20.1 Å². The molecule has 0 aliphatic carbocycles. The van der Waals surface area contributed by atoms with Crippen molar-refractivity contribution in [1.82, 2.24) is 13.7 Å². The van der Waals surface area contributed by atoms with Gasteiger partial charge in [0.15, 0.2) is 4.80 Å². The molecule has 0 fully saturated rings. The lowest BCUT2D eigenvalue weighted by molar-refractivity contribution is 0.599. The van der Waals surface area contributed by atoms with Crippen molar-refractivity contribution in [2.24, 2.45) is 7.05 Å². The van der Waals surface area contributed by atoms with Crippen LogP contribution in [0.1, 0.15) is 13.8 Å². The number of rotatable bonds is 2. The summed E-state index contributed by atoms with van der Waals surface area (Å²) in [6.45, 7) is 4.46. The lowest BCUT2D eigenvalue weighted by Crippen LogP contribution is -2.39. The predicted molar refractivity (Wildman–Crippen MR) is 66.5 cm³/mol. The van der Waals surface area contributed by atoms with Crippen LogP contribution in [-0.4, -0.2) is 13.7 Å². The number of fused-ring (bicyclic) bond motifs is 1. The Hall–Kier alpha value is -1.63. The van der Waals surface area contributed by atoms with Gasteiger partial charge in [0, 0.05) is 20.1 Å². The van der Waals surface area contributed by atoms with E-state index in [-0.39, 0.29) is 16.1 Å². The van der Waals surface area contributed by atoms with E-state index in [9.17, 15) is 9.59 Å². The molecule has 0 bridgehead atoms. The molecule has 6 nitrogen and oxygen atoms in total. The van der Waals surface area contributed by atoms with Crippen LogP contribution in [0, 0.1) is 5.41 Å². The fourth-order valence-electron chi connectivity index (χ4n) is 1.91. The van der Waals surface area contributed by atoms with Crippen molar-refractivity contribution >= 4 is 21.7 Å². The molecule has 0 saturated heterocycles. The van der Waals surface area contributed by atoms with Gasteiger partial charge in [0.05, 0.1) is 0 Å². The first kappa shape index (κ1) is 11.8. The topological polar surface area (TPSA) is 72.8 Å². The number of hydrogen-bond acceptors (Lipinski definition) is 4. The minimum atomic E-state index is -0.305. The third kappa shape index (κ3) is 1.49. The van der Waals surface area contributed by atoms with Crippen LogP contribution >= 0.6 is 11.3 Å². The Bertz CT molecular complexity index is 746. The molecular weight excluding hydrogens is 240 g/mol. The molecule has 2 aromatic heterocycles. The Labute approximate surface area is 101 Å². The number of thiazole rings is 1. The first-order valence-corrected chi connectivity index (χ1v) is 6.22. The summed E-state index contributed by atoms with van der Waals surface area (Å²) in [6.07, 6.45) is 0. The zero-order valence-electron chi connectivity index (χ0n) is 9.98. The molecule has 0 atom stereocenters. The molecule has 7 heteroatoms. The summed E-state index contributed by atoms with van der Waals surface area (Å²) in [5, 5.41) is 7.73. The van der Waals surface area contributed by atoms with Crippen LogP contribution in [0.25, 0.3) is 10.3 Å². The van der Waals surface area contributed by atoms with E-state index in [4.69, 9.17) is 5.41 Å². The number of aryl methyl sites for hydroxylation is 2. The van der Waals surface area contributed by atoms with Crippen molar-refractivity contribution in [1.29, 1.82) is 5.41 Å². The van der Waals surface area contributed by atoms with Crippen LogP contribution in [0.3, 0.4) is 0 Å². The van der Waals surface area contributed by atoms with Gasteiger partial charge in [0.1, 0.15) is 10.3 Å². The Morgan fingerprint density at radius 2 is 1.76 bits per heavy atom. The van der Waals surface area contributed by atoms with Crippen molar-refractivity contribution in [3.8, 4) is 0 Å². The molecule has 92 valence electrons. The Morgan fingerprint density at radius 3 is 2.29 bits per heavy atom. The molecule has 2 aromatic rings. The largest absolute Gasteiger partial charge is 0.332 e. The van der Waals surface area contributed by atoms with Gasteiger partial charge in [-0.15, -0.1) is 0 Å². The molecule has 0 saturated carbocycles. The number of aromatic nitrogens is 3. The van der Waals surface area contributed by atoms with Crippen molar-refractivity contribution in [3.63, 3.8) is 0 Å². The Kier molecular flexibility index (Phi) is 2.78. The van der Waals surface area contributed by atoms with Crippen LogP contribution in [0.2, 0.25) is 0 Å². The lowest BCUT2D eigenvalue weighted by Gasteiger charge is -2.09. The monoisotopic (exact) mass is 254 g/mol. The maximum absolute atomic E-state index is 12.1. The molecule has 0 aliphatic heterocycles. The van der Waals surface area contributed by atoms with Gasteiger partial charge in [-0.2, -0.15) is 0 Å². The van der Waals surface area contributed by atoms with Crippen LogP contribution in [0.5, 0.6) is 0 Å². The molecule has 2 rings (SSSR count). The summed E-state index contributed by atoms with van der Waals surface area (Å²) >= 11 is 1.11. The second kappa shape index (κ2) is 3.99. The van der Waals surface area contributed by atoms with Crippen molar-refractivity contribution in [2.75, 3.05) is 0 Å². The lowest BCUT2D eigenvalue weighted by atomic mass is 10.5. The molecular formula is C10H14N4O2S. The summed E-state index contributed by atoms with van der Waals surface area (Å²) < 4.78 is 4.80. The summed E-state index contributed by atoms with van der Waals surface area (Å²) in [5.41, 5.74) is -0.0561. The highest BCUT2D eigenvalue weighted by atomic mass is 32.1. The SMILES string of the molecule is CCn1c(=O)c2sc(=N)n(C)c2n(CC)c1=O. The van der Waals surface area contributed by atoms with Gasteiger partial charge < -0.3 is 4.57 Å². The van der Waals surface area contributed by atoms with Crippen LogP contribution in [0.15, 0.2) is 9.59 Å². The predicted octanol–water partition coefficient (Wildman–Crippen LogP) is 0.0825. The smallest absolute Gasteiger partial charge is 0.306 e. The van der Waals surface area contributed by atoms with Gasteiger partial charge in [-0.05, 0) is 13.8 Å². The van der Waals surface area contributed by atoms with E-state index >= 15 is 0 Å². The zero-order valence-corrected chi connectivity index (χ0v) is 10.8. The summed E-state index contributed by atoms with van der Waals surface area (Å²) in [5.74, 6) is 0. The number of hydrogen-bond donors (Lipinski definition) is 1. The van der Waals surface area contributed by atoms with Crippen LogP contribution < -0.4 is 16.1 Å². The first-order chi connectivity index (χ1) is 8.02. The van der Waals surface area contributed by atoms with Gasteiger partial charge in [-0.3, -0.25) is 19.3 Å². The molecule has 2 heterocycles. The molecule has 0 spiro atoms. The minimum absolute atomic E-state index is 0.271. The van der Waals surface area contributed by atoms with Crippen LogP contribution in [0.4, 0.5) is 0 Å². The standard InChI is InChI=1S/C10H14N4O2S/c1-4-13-7-6(17-9(11)12(7)3)8(15)14(5-2)10(13)16/h11H,4-5H2,1-3H3. The average Bonchev–Trinajstić information content (AvgIpc) is 2.59. The van der Waals surface area contributed by atoms with Gasteiger partial charge >= 0.3 is 5.69 Å². The molecule has 17 heavy (non-hydrogen) atoms. The Morgan fingerprint density at radius 1 is 1.18 bits per heavy atom. The average molecular weight is 254 g/mol. The van der Waals surface area contributed by atoms with Crippen molar-refractivity contribution in [2.45, 2.75) is 26.9 Å². The highest BCUT2D eigenvalue weighted by molar-refractivity contribution is 7.16. The summed E-state index contributed by atoms with van der Waals surface area (Å²) in [4.78, 5) is 24.4. The van der Waals surface area contributed by atoms with E-state index in [1.165, 1.54) is 9.13 Å². The van der Waals surface area contributed by atoms with Gasteiger partial charge in [-0.25, -0.2) is 4.79 Å². The molecule has 1 N–H and O–H groups in total. The second-order valence-electron chi connectivity index (χ2n) is 3.70. The normalized spacial score (nSPS) is 11.2. The van der Waals surface area contributed by atoms with Crippen molar-refractivity contribution < 1.29 is 0 Å². The molecule has 0 aromatic carbocycles. The summed E-state index contributed by atoms with van der Waals surface area (Å²) in [7, 11) is 1.70. The fourth-order valence-corrected chi connectivity index (χ4v) is 2.86. The molecule has 0 aliphatic rings. The van der Waals surface area contributed by atoms with E-state index < -0.39 is 0 Å². The highest BCUT2D eigenvalue weighted by Crippen LogP contribution is 2.09. The van der Waals surface area contributed by atoms with Crippen molar-refractivity contribution in [3.05, 3.63) is 25.6 Å². The number of nitrogens with one attached hydrogen (secondary N) is 1. The van der Waals surface area contributed by atoms with E-state index in [2.05, 4.69) is 0 Å². The maximum Gasteiger partial charge on any atom is 0.332 e. The Balaban J connectivity index is 3.18. The zero-order chi connectivity index (χ0) is 12.7. The third-order valence-electron chi connectivity index (χ3n) is 2.81. The molecule has 0 unspecified atom stereocenters. The number of nitrogens with zero attached hydrogens (tertiary/aromatic N) is 3. The second-order valence-corrected chi connectivity index (χ2v) is 4.69. The highest BCUT2D eigenvalue weighted by Gasteiger charge is 2.15. The quantitative estimate of drug-likeness (QED) is 0.824. The molecule has 0 radical (unpaired) electrons. The van der Waals surface area contributed by atoms with Gasteiger partial charge in [0.2, 0.25) is 0 Å². The maximum atomic E-state index is 12.1. The van der Waals surface area contributed by atoms with E-state index in [1.54, 1.807) is 18.5 Å². The van der Waals surface area contributed by atoms with E-state index in [1.807, 2.05) is 6.92 Å². The van der Waals surface area contributed by atoms with Gasteiger partial charge in [-0.1, -0.05) is 11.3 Å². The minimum Gasteiger partial charge on any atom is -0.306 e. The first-order valence-electron chi connectivity index (χ1n) is 5.40. The molecule has 0 amide bonds. The third-order valence-corrected chi connectivity index (χ3v) is 3.84.